The van der Waals surface area contributed by atoms with Crippen LogP contribution in [0.4, 0.5) is 5.00 Å². The molecule has 3 rings (SSSR count). The molecule has 1 unspecified atom stereocenters. The van der Waals surface area contributed by atoms with E-state index in [0.29, 0.717) is 16.5 Å². The minimum Gasteiger partial charge on any atom is -0.365 e. The molecule has 3 atom stereocenters. The number of thiophene rings is 1. The number of fused-ring (bicyclic) bond motifs is 1. The molecule has 23 heavy (non-hydrogen) atoms. The Morgan fingerprint density at radius 3 is 2.83 bits per heavy atom. The Hall–Kier alpha value is -1.40. The van der Waals surface area contributed by atoms with Crippen molar-refractivity contribution in [3.63, 3.8) is 0 Å². The third-order valence-electron chi connectivity index (χ3n) is 5.22. The molecule has 1 saturated heterocycles. The fourth-order valence-corrected chi connectivity index (χ4v) is 5.18. The van der Waals surface area contributed by atoms with Gasteiger partial charge >= 0.3 is 0 Å². The molecule has 126 valence electrons. The number of anilines is 1. The van der Waals surface area contributed by atoms with Crippen LogP contribution in [0.1, 0.15) is 53.9 Å². The zero-order chi connectivity index (χ0) is 16.6. The van der Waals surface area contributed by atoms with Crippen molar-refractivity contribution in [3.8, 4) is 0 Å². The van der Waals surface area contributed by atoms with Gasteiger partial charge in [0.15, 0.2) is 6.04 Å². The summed E-state index contributed by atoms with van der Waals surface area (Å²) in [6.45, 7) is 6.31. The molecule has 0 saturated carbocycles. The van der Waals surface area contributed by atoms with Crippen LogP contribution < -0.4 is 16.0 Å². The van der Waals surface area contributed by atoms with Gasteiger partial charge in [0.2, 0.25) is 0 Å². The minimum absolute atomic E-state index is 0.00322. The van der Waals surface area contributed by atoms with Crippen molar-refractivity contribution in [3.05, 3.63) is 16.0 Å². The van der Waals surface area contributed by atoms with E-state index in [1.54, 1.807) is 0 Å². The second-order valence-corrected chi connectivity index (χ2v) is 8.10. The van der Waals surface area contributed by atoms with Crippen LogP contribution in [-0.2, 0) is 17.6 Å². The van der Waals surface area contributed by atoms with E-state index in [4.69, 9.17) is 5.73 Å². The average molecular weight is 336 g/mol. The van der Waals surface area contributed by atoms with Crippen molar-refractivity contribution in [2.24, 2.45) is 11.7 Å². The SMILES string of the molecule is C[C@@H]1CCC[NH+]([C@@H](C)C(=O)Nc2sc3c(c2C(N)=O)CCC3)C1. The standard InChI is InChI=1S/C17H25N3O2S/c1-10-5-4-8-20(9-10)11(2)16(22)19-17-14(15(18)21)12-6-3-7-13(12)23-17/h10-11H,3-9H2,1-2H3,(H2,18,21)(H,19,22)/p+1/t10-,11+/m1/s1. The lowest BCUT2D eigenvalue weighted by molar-refractivity contribution is -0.922. The van der Waals surface area contributed by atoms with Gasteiger partial charge in [-0.15, -0.1) is 11.3 Å². The van der Waals surface area contributed by atoms with Gasteiger partial charge < -0.3 is 16.0 Å². The number of amides is 2. The first-order chi connectivity index (χ1) is 11.0. The average Bonchev–Trinajstić information content (AvgIpc) is 3.06. The van der Waals surface area contributed by atoms with Gasteiger partial charge in [0, 0.05) is 10.8 Å². The number of carbonyl (C=O) groups is 2. The molecule has 1 aliphatic heterocycles. The fraction of sp³-hybridized carbons (Fsp3) is 0.647. The van der Waals surface area contributed by atoms with Gasteiger partial charge in [0.05, 0.1) is 18.7 Å². The molecule has 1 aromatic rings. The molecule has 0 aromatic carbocycles. The van der Waals surface area contributed by atoms with Crippen molar-refractivity contribution in [1.82, 2.24) is 0 Å². The highest BCUT2D eigenvalue weighted by molar-refractivity contribution is 7.17. The first-order valence-corrected chi connectivity index (χ1v) is 9.38. The van der Waals surface area contributed by atoms with E-state index in [1.807, 2.05) is 6.92 Å². The van der Waals surface area contributed by atoms with E-state index in [-0.39, 0.29) is 11.9 Å². The van der Waals surface area contributed by atoms with E-state index >= 15 is 0 Å². The monoisotopic (exact) mass is 336 g/mol. The summed E-state index contributed by atoms with van der Waals surface area (Å²) in [4.78, 5) is 27.0. The largest absolute Gasteiger partial charge is 0.365 e. The van der Waals surface area contributed by atoms with Crippen LogP contribution in [0, 0.1) is 5.92 Å². The number of nitrogens with two attached hydrogens (primary N) is 1. The molecule has 1 fully saturated rings. The summed E-state index contributed by atoms with van der Waals surface area (Å²) in [6.07, 6.45) is 5.38. The Morgan fingerprint density at radius 1 is 1.35 bits per heavy atom. The summed E-state index contributed by atoms with van der Waals surface area (Å²) in [5, 5.41) is 3.65. The summed E-state index contributed by atoms with van der Waals surface area (Å²) in [7, 11) is 0. The maximum atomic E-state index is 12.6. The second kappa shape index (κ2) is 6.61. The number of aryl methyl sites for hydroxylation is 1. The van der Waals surface area contributed by atoms with Crippen LogP contribution in [0.2, 0.25) is 0 Å². The van der Waals surface area contributed by atoms with Crippen LogP contribution in [0.25, 0.3) is 0 Å². The van der Waals surface area contributed by atoms with Crippen LogP contribution in [0.15, 0.2) is 0 Å². The van der Waals surface area contributed by atoms with Crippen LogP contribution in [-0.4, -0.2) is 30.9 Å². The number of quaternary nitrogens is 1. The van der Waals surface area contributed by atoms with Crippen molar-refractivity contribution in [2.75, 3.05) is 18.4 Å². The van der Waals surface area contributed by atoms with Gasteiger partial charge in [0.1, 0.15) is 5.00 Å². The third-order valence-corrected chi connectivity index (χ3v) is 6.42. The van der Waals surface area contributed by atoms with Crippen LogP contribution in [0.3, 0.4) is 0 Å². The van der Waals surface area contributed by atoms with Gasteiger partial charge in [-0.25, -0.2) is 0 Å². The summed E-state index contributed by atoms with van der Waals surface area (Å²) in [5.74, 6) is 0.239. The number of primary amides is 1. The zero-order valence-electron chi connectivity index (χ0n) is 13.9. The Balaban J connectivity index is 1.74. The van der Waals surface area contributed by atoms with E-state index < -0.39 is 5.91 Å². The quantitative estimate of drug-likeness (QED) is 0.766. The molecule has 1 aliphatic carbocycles. The van der Waals surface area contributed by atoms with Crippen molar-refractivity contribution < 1.29 is 14.5 Å². The molecule has 0 spiro atoms. The lowest BCUT2D eigenvalue weighted by atomic mass is 9.99. The maximum absolute atomic E-state index is 12.6. The van der Waals surface area contributed by atoms with E-state index in [9.17, 15) is 9.59 Å². The molecular weight excluding hydrogens is 310 g/mol. The second-order valence-electron chi connectivity index (χ2n) is 7.00. The Bertz CT molecular complexity index is 626. The molecule has 0 radical (unpaired) electrons. The molecule has 2 amide bonds. The lowest BCUT2D eigenvalue weighted by Crippen LogP contribution is -3.17. The van der Waals surface area contributed by atoms with Crippen LogP contribution in [0.5, 0.6) is 0 Å². The molecule has 1 aromatic heterocycles. The van der Waals surface area contributed by atoms with E-state index in [2.05, 4.69) is 12.2 Å². The normalized spacial score (nSPS) is 25.0. The van der Waals surface area contributed by atoms with Gasteiger partial charge in [0.25, 0.3) is 11.8 Å². The number of nitrogens with one attached hydrogen (secondary N) is 2. The van der Waals surface area contributed by atoms with Crippen molar-refractivity contribution in [2.45, 2.75) is 52.0 Å². The van der Waals surface area contributed by atoms with Crippen molar-refractivity contribution in [1.29, 1.82) is 0 Å². The fourth-order valence-electron chi connectivity index (χ4n) is 3.88. The van der Waals surface area contributed by atoms with Gasteiger partial charge in [-0.3, -0.25) is 9.59 Å². The van der Waals surface area contributed by atoms with Crippen molar-refractivity contribution >= 4 is 28.2 Å². The smallest absolute Gasteiger partial charge is 0.282 e. The van der Waals surface area contributed by atoms with Crippen LogP contribution >= 0.6 is 11.3 Å². The summed E-state index contributed by atoms with van der Waals surface area (Å²) in [6, 6.07) is -0.101. The summed E-state index contributed by atoms with van der Waals surface area (Å²) in [5.41, 5.74) is 7.16. The first kappa shape index (κ1) is 16.5. The summed E-state index contributed by atoms with van der Waals surface area (Å²) >= 11 is 1.53. The highest BCUT2D eigenvalue weighted by Gasteiger charge is 2.32. The predicted octanol–water partition coefficient (Wildman–Crippen LogP) is 0.978. The van der Waals surface area contributed by atoms with E-state index in [0.717, 1.165) is 37.9 Å². The molecule has 0 bridgehead atoms. The maximum Gasteiger partial charge on any atom is 0.282 e. The lowest BCUT2D eigenvalue weighted by Gasteiger charge is -2.31. The molecule has 2 heterocycles. The molecule has 6 heteroatoms. The topological polar surface area (TPSA) is 76.6 Å². The number of likely N-dealkylation sites (tertiary alicyclic amines) is 1. The van der Waals surface area contributed by atoms with Gasteiger partial charge in [-0.1, -0.05) is 6.92 Å². The molecule has 2 aliphatic rings. The number of hydrogen-bond acceptors (Lipinski definition) is 3. The number of carbonyl (C=O) groups excluding carboxylic acids is 2. The number of piperidine rings is 1. The molecular formula is C17H26N3O2S+. The minimum atomic E-state index is -0.425. The number of hydrogen-bond donors (Lipinski definition) is 3. The third kappa shape index (κ3) is 3.28. The Labute approximate surface area is 141 Å². The van der Waals surface area contributed by atoms with Gasteiger partial charge in [-0.05, 0) is 44.6 Å². The Morgan fingerprint density at radius 2 is 2.13 bits per heavy atom. The highest BCUT2D eigenvalue weighted by atomic mass is 32.1. The number of rotatable bonds is 4. The predicted molar refractivity (Wildman–Crippen MR) is 92.0 cm³/mol. The highest BCUT2D eigenvalue weighted by Crippen LogP contribution is 2.38. The molecule has 5 nitrogen and oxygen atoms in total. The summed E-state index contributed by atoms with van der Waals surface area (Å²) < 4.78 is 0. The zero-order valence-corrected chi connectivity index (χ0v) is 14.7. The first-order valence-electron chi connectivity index (χ1n) is 8.57. The molecule has 4 N–H and O–H groups in total. The Kier molecular flexibility index (Phi) is 4.73. The van der Waals surface area contributed by atoms with Gasteiger partial charge in [-0.2, -0.15) is 0 Å². The van der Waals surface area contributed by atoms with E-state index in [1.165, 1.54) is 34.0 Å².